The van der Waals surface area contributed by atoms with Gasteiger partial charge in [0.15, 0.2) is 0 Å². The highest BCUT2D eigenvalue weighted by Crippen LogP contribution is 2.38. The van der Waals surface area contributed by atoms with Gasteiger partial charge in [-0.25, -0.2) is 14.8 Å². The molecular weight excluding hydrogens is 563 g/mol. The van der Waals surface area contributed by atoms with Crippen molar-refractivity contribution in [1.82, 2.24) is 29.7 Å². The van der Waals surface area contributed by atoms with E-state index < -0.39 is 24.8 Å². The van der Waals surface area contributed by atoms with Crippen molar-refractivity contribution in [3.8, 4) is 22.8 Å². The SMILES string of the molecule is CC1CCC(Cn2c(N3CCCC3COC(F)(F)F)nc3cc(-c4noc(=O)[nH]4)nc(-c4cncc(Cl)c4)c32)CC1. The fraction of sp³-hybridized carbons (Fsp3) is 0.519. The van der Waals surface area contributed by atoms with Crippen LogP contribution in [0, 0.1) is 11.8 Å². The number of alkyl halides is 3. The first-order chi connectivity index (χ1) is 19.6. The van der Waals surface area contributed by atoms with E-state index >= 15 is 0 Å². The van der Waals surface area contributed by atoms with Gasteiger partial charge in [-0.3, -0.25) is 19.2 Å². The summed E-state index contributed by atoms with van der Waals surface area (Å²) in [6.07, 6.45) is 4.02. The topological polar surface area (TPSA) is 115 Å². The van der Waals surface area contributed by atoms with Crippen LogP contribution < -0.4 is 10.7 Å². The number of nitrogens with zero attached hydrogens (tertiary/aromatic N) is 6. The third-order valence-electron chi connectivity index (χ3n) is 8.02. The summed E-state index contributed by atoms with van der Waals surface area (Å²) in [5.41, 5.74) is 2.72. The van der Waals surface area contributed by atoms with E-state index in [-0.39, 0.29) is 5.82 Å². The molecule has 0 amide bonds. The molecule has 1 unspecified atom stereocenters. The van der Waals surface area contributed by atoms with Crippen LogP contribution in [0.25, 0.3) is 33.8 Å². The highest BCUT2D eigenvalue weighted by molar-refractivity contribution is 6.30. The van der Waals surface area contributed by atoms with Gasteiger partial charge in [-0.15, -0.1) is 13.2 Å². The molecule has 0 radical (unpaired) electrons. The van der Waals surface area contributed by atoms with E-state index in [2.05, 4.69) is 31.4 Å². The Morgan fingerprint density at radius 1 is 1.15 bits per heavy atom. The lowest BCUT2D eigenvalue weighted by atomic mass is 9.83. The van der Waals surface area contributed by atoms with Crippen molar-refractivity contribution in [3.63, 3.8) is 0 Å². The fourth-order valence-corrected chi connectivity index (χ4v) is 6.15. The monoisotopic (exact) mass is 591 g/mol. The molecule has 2 fully saturated rings. The molecule has 0 bridgehead atoms. The number of nitrogens with one attached hydrogen (secondary N) is 1. The average molecular weight is 592 g/mol. The number of aromatic nitrogens is 6. The lowest BCUT2D eigenvalue weighted by Gasteiger charge is -2.30. The molecule has 1 saturated heterocycles. The molecule has 41 heavy (non-hydrogen) atoms. The highest BCUT2D eigenvalue weighted by Gasteiger charge is 2.36. The van der Waals surface area contributed by atoms with Crippen LogP contribution in [0.3, 0.4) is 0 Å². The second-order valence-corrected chi connectivity index (χ2v) is 11.4. The van der Waals surface area contributed by atoms with Crippen LogP contribution in [-0.2, 0) is 11.3 Å². The molecule has 14 heteroatoms. The van der Waals surface area contributed by atoms with Crippen LogP contribution in [-0.4, -0.2) is 55.2 Å². The van der Waals surface area contributed by atoms with Crippen molar-refractivity contribution >= 4 is 28.6 Å². The Balaban J connectivity index is 1.53. The minimum Gasteiger partial charge on any atom is -0.337 e. The summed E-state index contributed by atoms with van der Waals surface area (Å²) >= 11 is 6.31. The molecule has 0 aromatic carbocycles. The van der Waals surface area contributed by atoms with Crippen molar-refractivity contribution in [2.45, 2.75) is 64.4 Å². The maximum Gasteiger partial charge on any atom is 0.522 e. The molecule has 218 valence electrons. The van der Waals surface area contributed by atoms with Gasteiger partial charge in [0.25, 0.3) is 0 Å². The Morgan fingerprint density at radius 2 is 1.95 bits per heavy atom. The number of fused-ring (bicyclic) bond motifs is 1. The number of H-pyrrole nitrogens is 1. The molecule has 2 aliphatic rings. The number of pyridine rings is 2. The normalized spacial score (nSPS) is 21.7. The first-order valence-electron chi connectivity index (χ1n) is 13.7. The number of hydrogen-bond donors (Lipinski definition) is 1. The van der Waals surface area contributed by atoms with Crippen molar-refractivity contribution in [2.24, 2.45) is 11.8 Å². The predicted molar refractivity (Wildman–Crippen MR) is 145 cm³/mol. The third kappa shape index (κ3) is 5.96. The molecule has 6 rings (SSSR count). The number of rotatable bonds is 7. The number of hydrogen-bond acceptors (Lipinski definition) is 8. The van der Waals surface area contributed by atoms with Gasteiger partial charge in [0.05, 0.1) is 34.4 Å². The molecular formula is C27H29ClF3N7O3. The number of ether oxygens (including phenoxy) is 1. The van der Waals surface area contributed by atoms with Gasteiger partial charge in [-0.2, -0.15) is 0 Å². The summed E-state index contributed by atoms with van der Waals surface area (Å²) in [6, 6.07) is 2.94. The van der Waals surface area contributed by atoms with Gasteiger partial charge in [0.1, 0.15) is 5.69 Å². The van der Waals surface area contributed by atoms with Crippen molar-refractivity contribution in [2.75, 3.05) is 18.1 Å². The van der Waals surface area contributed by atoms with E-state index in [0.29, 0.717) is 76.7 Å². The average Bonchev–Trinajstić information content (AvgIpc) is 3.66. The molecule has 1 aliphatic heterocycles. The van der Waals surface area contributed by atoms with Gasteiger partial charge in [-0.1, -0.05) is 36.5 Å². The number of halogens is 4. The Labute approximate surface area is 237 Å². The summed E-state index contributed by atoms with van der Waals surface area (Å²) in [5.74, 6) is 0.996. The van der Waals surface area contributed by atoms with Crippen molar-refractivity contribution < 1.29 is 22.4 Å². The van der Waals surface area contributed by atoms with Crippen LogP contribution in [0.4, 0.5) is 19.1 Å². The maximum atomic E-state index is 13.0. The smallest absolute Gasteiger partial charge is 0.337 e. The molecule has 5 heterocycles. The lowest BCUT2D eigenvalue weighted by Crippen LogP contribution is -2.37. The Hall–Kier alpha value is -3.45. The minimum atomic E-state index is -4.72. The molecule has 1 N–H and O–H groups in total. The standard InChI is InChI=1S/C27H29ClF3N7O3/c1-15-4-6-16(7-5-15)13-38-23-20(34-25(38)37-8-2-3-19(37)14-40-27(29,30)31)10-21(24-35-26(39)41-36-24)33-22(23)17-9-18(28)12-32-11-17/h9-12,15-16,19H,2-8,13-14H2,1H3,(H,35,36,39). The van der Waals surface area contributed by atoms with Crippen molar-refractivity contribution in [1.29, 1.82) is 0 Å². The molecule has 1 aliphatic carbocycles. The van der Waals surface area contributed by atoms with E-state index in [0.717, 1.165) is 25.7 Å². The predicted octanol–water partition coefficient (Wildman–Crippen LogP) is 5.82. The summed E-state index contributed by atoms with van der Waals surface area (Å²) in [6.45, 7) is 2.95. The number of anilines is 1. The molecule has 1 atom stereocenters. The molecule has 4 aromatic heterocycles. The van der Waals surface area contributed by atoms with Crippen LogP contribution in [0.2, 0.25) is 5.02 Å². The fourth-order valence-electron chi connectivity index (χ4n) is 5.97. The largest absolute Gasteiger partial charge is 0.522 e. The maximum absolute atomic E-state index is 13.0. The molecule has 4 aromatic rings. The summed E-state index contributed by atoms with van der Waals surface area (Å²) < 4.78 is 50.0. The zero-order valence-corrected chi connectivity index (χ0v) is 23.1. The van der Waals surface area contributed by atoms with Gasteiger partial charge < -0.3 is 9.47 Å². The van der Waals surface area contributed by atoms with Gasteiger partial charge >= 0.3 is 12.1 Å². The van der Waals surface area contributed by atoms with Crippen LogP contribution in [0.15, 0.2) is 33.8 Å². The van der Waals surface area contributed by atoms with E-state index in [9.17, 15) is 18.0 Å². The van der Waals surface area contributed by atoms with Crippen LogP contribution >= 0.6 is 11.6 Å². The van der Waals surface area contributed by atoms with Gasteiger partial charge in [-0.05, 0) is 49.7 Å². The first kappa shape index (κ1) is 27.7. The van der Waals surface area contributed by atoms with Crippen LogP contribution in [0.1, 0.15) is 45.4 Å². The zero-order chi connectivity index (χ0) is 28.7. The van der Waals surface area contributed by atoms with E-state index in [1.165, 1.54) is 6.20 Å². The van der Waals surface area contributed by atoms with E-state index in [1.807, 2.05) is 4.90 Å². The second kappa shape index (κ2) is 11.1. The van der Waals surface area contributed by atoms with E-state index in [4.69, 9.17) is 26.1 Å². The number of aromatic amines is 1. The van der Waals surface area contributed by atoms with Crippen LogP contribution in [0.5, 0.6) is 0 Å². The molecule has 0 spiro atoms. The van der Waals surface area contributed by atoms with Crippen molar-refractivity contribution in [3.05, 3.63) is 40.1 Å². The molecule has 1 saturated carbocycles. The van der Waals surface area contributed by atoms with Gasteiger partial charge in [0.2, 0.25) is 11.8 Å². The molecule has 10 nitrogen and oxygen atoms in total. The van der Waals surface area contributed by atoms with Gasteiger partial charge in [0, 0.05) is 31.0 Å². The lowest BCUT2D eigenvalue weighted by molar-refractivity contribution is -0.325. The highest BCUT2D eigenvalue weighted by atomic mass is 35.5. The first-order valence-corrected chi connectivity index (χ1v) is 14.1. The number of imidazole rings is 1. The quantitative estimate of drug-likeness (QED) is 0.286. The zero-order valence-electron chi connectivity index (χ0n) is 22.3. The summed E-state index contributed by atoms with van der Waals surface area (Å²) in [4.78, 5) is 30.2. The summed E-state index contributed by atoms with van der Waals surface area (Å²) in [5, 5.41) is 4.21. The second-order valence-electron chi connectivity index (χ2n) is 11.0. The third-order valence-corrected chi connectivity index (χ3v) is 8.22. The Morgan fingerprint density at radius 3 is 2.66 bits per heavy atom. The summed E-state index contributed by atoms with van der Waals surface area (Å²) in [7, 11) is 0. The Bertz CT molecular complexity index is 1590. The van der Waals surface area contributed by atoms with E-state index in [1.54, 1.807) is 18.3 Å². The minimum absolute atomic E-state index is 0.128. The Kier molecular flexibility index (Phi) is 7.49.